The summed E-state index contributed by atoms with van der Waals surface area (Å²) < 4.78 is 78.2. The molecule has 0 spiro atoms. The monoisotopic (exact) mass is 475 g/mol. The number of piperidine rings is 1. The van der Waals surface area contributed by atoms with Gasteiger partial charge in [-0.3, -0.25) is 0 Å². The average molecular weight is 475 g/mol. The second-order valence-electron chi connectivity index (χ2n) is 7.53. The molecule has 12 heteroatoms. The first-order valence-electron chi connectivity index (χ1n) is 9.74. The number of carbonyl (C=O) groups is 2. The molecule has 0 aliphatic carbocycles. The minimum absolute atomic E-state index is 0.0316. The van der Waals surface area contributed by atoms with Gasteiger partial charge in [-0.15, -0.1) is 0 Å². The Kier molecular flexibility index (Phi) is 6.75. The molecule has 33 heavy (non-hydrogen) atoms. The molecule has 3 amide bonds. The standard InChI is InChI=1S/C21H19F6N3O3/c22-20(23,24)13-8-14(21(25,26)27)10-15(9-13)28-18(31)29-17-6-7-30(19(32)33)11-16(17)12-4-2-1-3-5-12/h1-5,8-10,16-17H,6-7,11H2,(H,32,33)(H2,28,29,31)/t16-,17+/m0/s1. The van der Waals surface area contributed by atoms with E-state index in [4.69, 9.17) is 0 Å². The van der Waals surface area contributed by atoms with Crippen LogP contribution in [-0.4, -0.2) is 41.3 Å². The largest absolute Gasteiger partial charge is 0.465 e. The van der Waals surface area contributed by atoms with E-state index in [1.54, 1.807) is 30.3 Å². The van der Waals surface area contributed by atoms with Crippen LogP contribution in [0.4, 0.5) is 41.6 Å². The van der Waals surface area contributed by atoms with Crippen molar-refractivity contribution in [1.29, 1.82) is 0 Å². The summed E-state index contributed by atoms with van der Waals surface area (Å²) in [6.07, 6.45) is -11.0. The number of hydrogen-bond acceptors (Lipinski definition) is 2. The maximum atomic E-state index is 13.0. The van der Waals surface area contributed by atoms with E-state index in [-0.39, 0.29) is 25.6 Å². The maximum Gasteiger partial charge on any atom is 0.416 e. The van der Waals surface area contributed by atoms with Gasteiger partial charge in [0.05, 0.1) is 11.1 Å². The van der Waals surface area contributed by atoms with Crippen molar-refractivity contribution in [3.63, 3.8) is 0 Å². The molecule has 6 nitrogen and oxygen atoms in total. The van der Waals surface area contributed by atoms with Crippen LogP contribution < -0.4 is 10.6 Å². The number of likely N-dealkylation sites (tertiary alicyclic amines) is 1. The second kappa shape index (κ2) is 9.20. The number of halogens is 6. The van der Waals surface area contributed by atoms with E-state index in [9.17, 15) is 41.0 Å². The van der Waals surface area contributed by atoms with Gasteiger partial charge in [-0.1, -0.05) is 30.3 Å². The van der Waals surface area contributed by atoms with E-state index in [0.29, 0.717) is 12.1 Å². The number of nitrogens with zero attached hydrogens (tertiary/aromatic N) is 1. The Morgan fingerprint density at radius 3 is 2.03 bits per heavy atom. The normalized spacial score (nSPS) is 19.2. The molecule has 0 unspecified atom stereocenters. The highest BCUT2D eigenvalue weighted by Crippen LogP contribution is 2.37. The van der Waals surface area contributed by atoms with Gasteiger partial charge in [0.2, 0.25) is 0 Å². The van der Waals surface area contributed by atoms with E-state index in [2.05, 4.69) is 5.32 Å². The second-order valence-corrected chi connectivity index (χ2v) is 7.53. The number of nitrogens with one attached hydrogen (secondary N) is 2. The fourth-order valence-corrected chi connectivity index (χ4v) is 3.70. The van der Waals surface area contributed by atoms with Crippen molar-refractivity contribution in [2.45, 2.75) is 30.7 Å². The lowest BCUT2D eigenvalue weighted by Gasteiger charge is -2.38. The van der Waals surface area contributed by atoms with Crippen LogP contribution in [0.2, 0.25) is 0 Å². The number of anilines is 1. The third-order valence-corrected chi connectivity index (χ3v) is 5.27. The predicted molar refractivity (Wildman–Crippen MR) is 106 cm³/mol. The minimum atomic E-state index is -5.05. The molecule has 178 valence electrons. The van der Waals surface area contributed by atoms with Crippen molar-refractivity contribution in [3.05, 3.63) is 65.2 Å². The zero-order chi connectivity index (χ0) is 24.4. The fourth-order valence-electron chi connectivity index (χ4n) is 3.70. The van der Waals surface area contributed by atoms with Gasteiger partial charge < -0.3 is 20.6 Å². The van der Waals surface area contributed by atoms with E-state index in [1.807, 2.05) is 5.32 Å². The summed E-state index contributed by atoms with van der Waals surface area (Å²) in [7, 11) is 0. The van der Waals surface area contributed by atoms with Gasteiger partial charge >= 0.3 is 24.5 Å². The molecular formula is C21H19F6N3O3. The number of amides is 3. The number of rotatable bonds is 3. The van der Waals surface area contributed by atoms with Crippen molar-refractivity contribution in [3.8, 4) is 0 Å². The highest BCUT2D eigenvalue weighted by molar-refractivity contribution is 5.89. The molecule has 2 aromatic rings. The zero-order valence-electron chi connectivity index (χ0n) is 16.9. The van der Waals surface area contributed by atoms with Crippen LogP contribution in [-0.2, 0) is 12.4 Å². The molecule has 0 saturated carbocycles. The number of urea groups is 1. The topological polar surface area (TPSA) is 81.7 Å². The van der Waals surface area contributed by atoms with Crippen molar-refractivity contribution in [2.75, 3.05) is 18.4 Å². The molecular weight excluding hydrogens is 456 g/mol. The van der Waals surface area contributed by atoms with Gasteiger partial charge in [-0.25, -0.2) is 9.59 Å². The Bertz CT molecular complexity index is 978. The molecule has 3 N–H and O–H groups in total. The molecule has 3 rings (SSSR count). The maximum absolute atomic E-state index is 13.0. The van der Waals surface area contributed by atoms with Crippen molar-refractivity contribution in [1.82, 2.24) is 10.2 Å². The number of alkyl halides is 6. The van der Waals surface area contributed by atoms with Gasteiger partial charge in [0.15, 0.2) is 0 Å². The van der Waals surface area contributed by atoms with Crippen LogP contribution in [0.25, 0.3) is 0 Å². The number of hydrogen-bond donors (Lipinski definition) is 3. The Labute approximate surface area is 184 Å². The summed E-state index contributed by atoms with van der Waals surface area (Å²) in [5.74, 6) is -0.464. The summed E-state index contributed by atoms with van der Waals surface area (Å²) in [5, 5.41) is 13.9. The number of carboxylic acid groups (broad SMARTS) is 1. The number of carbonyl (C=O) groups excluding carboxylic acids is 1. The lowest BCUT2D eigenvalue weighted by Crippen LogP contribution is -2.51. The van der Waals surface area contributed by atoms with Crippen molar-refractivity contribution >= 4 is 17.8 Å². The first-order chi connectivity index (χ1) is 15.3. The molecule has 1 aliphatic rings. The number of benzene rings is 2. The Morgan fingerprint density at radius 2 is 1.52 bits per heavy atom. The van der Waals surface area contributed by atoms with Gasteiger partial charge in [-0.05, 0) is 30.2 Å². The summed E-state index contributed by atoms with van der Waals surface area (Å²) in [6.45, 7) is 0.164. The van der Waals surface area contributed by atoms with Gasteiger partial charge in [0.1, 0.15) is 0 Å². The van der Waals surface area contributed by atoms with Crippen molar-refractivity contribution in [2.24, 2.45) is 0 Å². The van der Waals surface area contributed by atoms with Crippen LogP contribution in [0.3, 0.4) is 0 Å². The lowest BCUT2D eigenvalue weighted by atomic mass is 9.86. The SMILES string of the molecule is O=C(Nc1cc(C(F)(F)F)cc(C(F)(F)F)c1)N[C@@H]1CCN(C(=O)O)C[C@H]1c1ccccc1. The van der Waals surface area contributed by atoms with Gasteiger partial charge in [-0.2, -0.15) is 26.3 Å². The third kappa shape index (κ3) is 6.08. The molecule has 2 atom stereocenters. The van der Waals surface area contributed by atoms with Gasteiger partial charge in [0.25, 0.3) is 0 Å². The van der Waals surface area contributed by atoms with Crippen LogP contribution in [0.5, 0.6) is 0 Å². The van der Waals surface area contributed by atoms with Crippen LogP contribution >= 0.6 is 0 Å². The summed E-state index contributed by atoms with van der Waals surface area (Å²) >= 11 is 0. The summed E-state index contributed by atoms with van der Waals surface area (Å²) in [6, 6.07) is 7.88. The Hall–Kier alpha value is -3.44. The molecule has 1 saturated heterocycles. The van der Waals surface area contributed by atoms with Gasteiger partial charge in [0, 0.05) is 30.7 Å². The Balaban J connectivity index is 1.81. The van der Waals surface area contributed by atoms with E-state index in [1.165, 1.54) is 4.90 Å². The quantitative estimate of drug-likeness (QED) is 0.522. The fraction of sp³-hybridized carbons (Fsp3) is 0.333. The molecule has 1 fully saturated rings. The molecule has 0 radical (unpaired) electrons. The lowest BCUT2D eigenvalue weighted by molar-refractivity contribution is -0.143. The third-order valence-electron chi connectivity index (χ3n) is 5.27. The van der Waals surface area contributed by atoms with E-state index in [0.717, 1.165) is 5.56 Å². The molecule has 0 bridgehead atoms. The first kappa shape index (κ1) is 24.2. The average Bonchev–Trinajstić information content (AvgIpc) is 2.73. The molecule has 1 heterocycles. The highest BCUT2D eigenvalue weighted by Gasteiger charge is 2.37. The van der Waals surface area contributed by atoms with Crippen molar-refractivity contribution < 1.29 is 41.0 Å². The zero-order valence-corrected chi connectivity index (χ0v) is 16.9. The molecule has 2 aromatic carbocycles. The van der Waals surface area contributed by atoms with Crippen LogP contribution in [0, 0.1) is 0 Å². The predicted octanol–water partition coefficient (Wildman–Crippen LogP) is 5.38. The van der Waals surface area contributed by atoms with E-state index >= 15 is 0 Å². The van der Waals surface area contributed by atoms with Crippen LogP contribution in [0.1, 0.15) is 29.0 Å². The van der Waals surface area contributed by atoms with Crippen LogP contribution in [0.15, 0.2) is 48.5 Å². The first-order valence-corrected chi connectivity index (χ1v) is 9.74. The summed E-state index contributed by atoms with van der Waals surface area (Å²) in [4.78, 5) is 25.0. The Morgan fingerprint density at radius 1 is 0.939 bits per heavy atom. The molecule has 1 aliphatic heterocycles. The summed E-state index contributed by atoms with van der Waals surface area (Å²) in [5.41, 5.74) is -3.05. The smallest absolute Gasteiger partial charge is 0.416 e. The van der Waals surface area contributed by atoms with E-state index < -0.39 is 53.3 Å². The highest BCUT2D eigenvalue weighted by atomic mass is 19.4. The minimum Gasteiger partial charge on any atom is -0.465 e. The molecule has 0 aromatic heterocycles.